The number of nitrogens with zero attached hydrogens (tertiary/aromatic N) is 2. The SMILES string of the molecule is O=C1OC(c2ccc([N+](=O)[O-])cc2)=N/C1=C/c1ccccc1Cl. The van der Waals surface area contributed by atoms with E-state index in [2.05, 4.69) is 4.99 Å². The molecule has 6 nitrogen and oxygen atoms in total. The maximum absolute atomic E-state index is 11.9. The molecule has 0 saturated heterocycles. The summed E-state index contributed by atoms with van der Waals surface area (Å²) in [6.07, 6.45) is 1.53. The first-order valence-corrected chi connectivity index (χ1v) is 6.94. The molecule has 0 aliphatic carbocycles. The predicted molar refractivity (Wildman–Crippen MR) is 85.2 cm³/mol. The van der Waals surface area contributed by atoms with E-state index in [4.69, 9.17) is 16.3 Å². The summed E-state index contributed by atoms with van der Waals surface area (Å²) in [5.74, 6) is -0.499. The minimum atomic E-state index is -0.599. The van der Waals surface area contributed by atoms with Gasteiger partial charge in [-0.25, -0.2) is 9.79 Å². The summed E-state index contributed by atoms with van der Waals surface area (Å²) in [4.78, 5) is 26.2. The van der Waals surface area contributed by atoms with Crippen molar-refractivity contribution < 1.29 is 14.5 Å². The molecule has 0 spiro atoms. The molecule has 0 aromatic heterocycles. The largest absolute Gasteiger partial charge is 0.402 e. The van der Waals surface area contributed by atoms with Crippen molar-refractivity contribution in [3.8, 4) is 0 Å². The molecule has 0 fully saturated rings. The molecule has 0 radical (unpaired) electrons. The average molecular weight is 329 g/mol. The average Bonchev–Trinajstić information content (AvgIpc) is 2.91. The Hall–Kier alpha value is -2.99. The number of ether oxygens (including phenoxy) is 1. The third kappa shape index (κ3) is 3.12. The van der Waals surface area contributed by atoms with Gasteiger partial charge in [0.25, 0.3) is 5.69 Å². The van der Waals surface area contributed by atoms with Gasteiger partial charge in [-0.2, -0.15) is 0 Å². The Balaban J connectivity index is 1.92. The lowest BCUT2D eigenvalue weighted by Crippen LogP contribution is -2.05. The zero-order chi connectivity index (χ0) is 16.4. The number of non-ortho nitro benzene ring substituents is 1. The van der Waals surface area contributed by atoms with Gasteiger partial charge in [-0.3, -0.25) is 10.1 Å². The van der Waals surface area contributed by atoms with E-state index in [1.165, 1.54) is 30.3 Å². The topological polar surface area (TPSA) is 81.8 Å². The van der Waals surface area contributed by atoms with Crippen LogP contribution in [0, 0.1) is 10.1 Å². The van der Waals surface area contributed by atoms with Crippen LogP contribution in [0.5, 0.6) is 0 Å². The van der Waals surface area contributed by atoms with Crippen molar-refractivity contribution in [1.29, 1.82) is 0 Å². The molecule has 1 aliphatic heterocycles. The minimum Gasteiger partial charge on any atom is -0.402 e. The van der Waals surface area contributed by atoms with E-state index in [-0.39, 0.29) is 17.3 Å². The van der Waals surface area contributed by atoms with Gasteiger partial charge >= 0.3 is 5.97 Å². The van der Waals surface area contributed by atoms with Crippen LogP contribution in [0.15, 0.2) is 59.2 Å². The lowest BCUT2D eigenvalue weighted by Gasteiger charge is -1.98. The van der Waals surface area contributed by atoms with Crippen LogP contribution >= 0.6 is 11.6 Å². The van der Waals surface area contributed by atoms with Crippen molar-refractivity contribution in [1.82, 2.24) is 0 Å². The summed E-state index contributed by atoms with van der Waals surface area (Å²) < 4.78 is 5.10. The molecule has 0 atom stereocenters. The predicted octanol–water partition coefficient (Wildman–Crippen LogP) is 3.59. The number of carbonyl (C=O) groups is 1. The maximum Gasteiger partial charge on any atom is 0.363 e. The fourth-order valence-corrected chi connectivity index (χ4v) is 2.19. The maximum atomic E-state index is 11.9. The van der Waals surface area contributed by atoms with Crippen LogP contribution in [0.4, 0.5) is 5.69 Å². The normalized spacial score (nSPS) is 15.4. The molecular weight excluding hydrogens is 320 g/mol. The monoisotopic (exact) mass is 328 g/mol. The number of cyclic esters (lactones) is 1. The van der Waals surface area contributed by atoms with Crippen molar-refractivity contribution in [2.24, 2.45) is 4.99 Å². The number of rotatable bonds is 3. The van der Waals surface area contributed by atoms with Crippen molar-refractivity contribution in [3.63, 3.8) is 0 Å². The fraction of sp³-hybridized carbons (Fsp3) is 0. The van der Waals surface area contributed by atoms with Gasteiger partial charge in [-0.15, -0.1) is 0 Å². The molecule has 0 unspecified atom stereocenters. The molecule has 23 heavy (non-hydrogen) atoms. The van der Waals surface area contributed by atoms with Gasteiger partial charge in [0.05, 0.1) is 4.92 Å². The number of esters is 1. The van der Waals surface area contributed by atoms with Gasteiger partial charge in [0.1, 0.15) is 0 Å². The number of nitro groups is 1. The molecular formula is C16H9ClN2O4. The van der Waals surface area contributed by atoms with Gasteiger partial charge in [0.15, 0.2) is 5.70 Å². The molecule has 1 aliphatic rings. The summed E-state index contributed by atoms with van der Waals surface area (Å²) in [6.45, 7) is 0. The standard InChI is InChI=1S/C16H9ClN2O4/c17-13-4-2-1-3-11(13)9-14-16(20)23-15(18-14)10-5-7-12(8-6-10)19(21)22/h1-9H/b14-9+. The molecule has 2 aromatic rings. The van der Waals surface area contributed by atoms with Crippen molar-refractivity contribution in [2.75, 3.05) is 0 Å². The van der Waals surface area contributed by atoms with Crippen molar-refractivity contribution >= 4 is 35.2 Å². The van der Waals surface area contributed by atoms with Gasteiger partial charge in [-0.05, 0) is 29.8 Å². The number of aliphatic imine (C=N–C) groups is 1. The second-order valence-electron chi connectivity index (χ2n) is 4.66. The van der Waals surface area contributed by atoms with E-state index in [1.807, 2.05) is 0 Å². The first-order chi connectivity index (χ1) is 11.0. The van der Waals surface area contributed by atoms with Crippen molar-refractivity contribution in [3.05, 3.63) is 80.5 Å². The molecule has 7 heteroatoms. The molecule has 1 heterocycles. The Morgan fingerprint density at radius 1 is 1.13 bits per heavy atom. The number of nitro benzene ring substituents is 1. The van der Waals surface area contributed by atoms with E-state index in [0.29, 0.717) is 16.1 Å². The van der Waals surface area contributed by atoms with E-state index >= 15 is 0 Å². The summed E-state index contributed by atoms with van der Waals surface area (Å²) >= 11 is 6.04. The number of hydrogen-bond donors (Lipinski definition) is 0. The van der Waals surface area contributed by atoms with Gasteiger partial charge in [-0.1, -0.05) is 29.8 Å². The molecule has 0 amide bonds. The summed E-state index contributed by atoms with van der Waals surface area (Å²) in [7, 11) is 0. The molecule has 0 saturated carbocycles. The number of benzene rings is 2. The zero-order valence-electron chi connectivity index (χ0n) is 11.6. The van der Waals surface area contributed by atoms with Crippen LogP contribution in [-0.2, 0) is 9.53 Å². The van der Waals surface area contributed by atoms with E-state index in [1.54, 1.807) is 24.3 Å². The van der Waals surface area contributed by atoms with E-state index in [0.717, 1.165) is 0 Å². The summed E-state index contributed by atoms with van der Waals surface area (Å²) in [5.41, 5.74) is 1.19. The highest BCUT2D eigenvalue weighted by Gasteiger charge is 2.24. The Bertz CT molecular complexity index is 857. The molecule has 2 aromatic carbocycles. The van der Waals surface area contributed by atoms with E-state index < -0.39 is 10.9 Å². The first-order valence-electron chi connectivity index (χ1n) is 6.56. The molecule has 114 valence electrons. The molecule has 3 rings (SSSR count). The highest BCUT2D eigenvalue weighted by molar-refractivity contribution is 6.32. The van der Waals surface area contributed by atoms with Crippen LogP contribution in [0.2, 0.25) is 5.02 Å². The van der Waals surface area contributed by atoms with Gasteiger partial charge in [0, 0.05) is 22.7 Å². The first kappa shape index (κ1) is 14.9. The third-order valence-electron chi connectivity index (χ3n) is 3.14. The second-order valence-corrected chi connectivity index (χ2v) is 5.07. The number of halogens is 1. The van der Waals surface area contributed by atoms with Crippen LogP contribution in [0.25, 0.3) is 6.08 Å². The smallest absolute Gasteiger partial charge is 0.363 e. The number of carbonyl (C=O) groups excluding carboxylic acids is 1. The van der Waals surface area contributed by atoms with Crippen LogP contribution in [0.3, 0.4) is 0 Å². The van der Waals surface area contributed by atoms with E-state index in [9.17, 15) is 14.9 Å². The van der Waals surface area contributed by atoms with Crippen LogP contribution < -0.4 is 0 Å². The molecule has 0 N–H and O–H groups in total. The highest BCUT2D eigenvalue weighted by atomic mass is 35.5. The van der Waals surface area contributed by atoms with Crippen molar-refractivity contribution in [2.45, 2.75) is 0 Å². The Kier molecular flexibility index (Phi) is 3.91. The highest BCUT2D eigenvalue weighted by Crippen LogP contribution is 2.23. The molecule has 0 bridgehead atoms. The Morgan fingerprint density at radius 2 is 1.83 bits per heavy atom. The Labute approximate surface area is 135 Å². The minimum absolute atomic E-state index is 0.0505. The summed E-state index contributed by atoms with van der Waals surface area (Å²) in [5, 5.41) is 11.1. The second kappa shape index (κ2) is 6.02. The Morgan fingerprint density at radius 3 is 2.48 bits per heavy atom. The van der Waals surface area contributed by atoms with Crippen LogP contribution in [0.1, 0.15) is 11.1 Å². The summed E-state index contributed by atoms with van der Waals surface area (Å²) in [6, 6.07) is 12.6. The van der Waals surface area contributed by atoms with Crippen LogP contribution in [-0.4, -0.2) is 16.8 Å². The van der Waals surface area contributed by atoms with Gasteiger partial charge in [0.2, 0.25) is 5.90 Å². The zero-order valence-corrected chi connectivity index (χ0v) is 12.4. The number of hydrogen-bond acceptors (Lipinski definition) is 5. The van der Waals surface area contributed by atoms with Gasteiger partial charge < -0.3 is 4.74 Å². The third-order valence-corrected chi connectivity index (χ3v) is 3.49. The lowest BCUT2D eigenvalue weighted by atomic mass is 10.2. The fourth-order valence-electron chi connectivity index (χ4n) is 2.00. The quantitative estimate of drug-likeness (QED) is 0.373. The lowest BCUT2D eigenvalue weighted by molar-refractivity contribution is -0.384.